The molecule has 2 heterocycles. The van der Waals surface area contributed by atoms with Crippen LogP contribution in [0.15, 0.2) is 53.5 Å². The van der Waals surface area contributed by atoms with Crippen molar-refractivity contribution in [3.05, 3.63) is 64.7 Å². The summed E-state index contributed by atoms with van der Waals surface area (Å²) in [6.45, 7) is 1.02. The van der Waals surface area contributed by atoms with Crippen molar-refractivity contribution in [2.45, 2.75) is 18.5 Å². The quantitative estimate of drug-likeness (QED) is 0.865. The van der Waals surface area contributed by atoms with Gasteiger partial charge in [-0.1, -0.05) is 35.9 Å². The predicted octanol–water partition coefficient (Wildman–Crippen LogP) is 2.90. The highest BCUT2D eigenvalue weighted by molar-refractivity contribution is 6.47. The SMILES string of the molecule is COc1ccccc1C(=O)N1CCC2(CC1)N=C(c1ccc(Cl)cc1)C(=O)N2. The molecule has 2 aliphatic heterocycles. The number of methoxy groups -OCH3 is 1. The second kappa shape index (κ2) is 7.28. The number of carbonyl (C=O) groups is 2. The summed E-state index contributed by atoms with van der Waals surface area (Å²) < 4.78 is 5.30. The lowest BCUT2D eigenvalue weighted by Gasteiger charge is -2.37. The highest BCUT2D eigenvalue weighted by Crippen LogP contribution is 2.30. The van der Waals surface area contributed by atoms with Crippen LogP contribution in [0, 0.1) is 0 Å². The zero-order chi connectivity index (χ0) is 19.7. The number of nitrogens with one attached hydrogen (secondary N) is 1. The average molecular weight is 398 g/mol. The van der Waals surface area contributed by atoms with Gasteiger partial charge in [-0.3, -0.25) is 14.6 Å². The Bertz CT molecular complexity index is 948. The van der Waals surface area contributed by atoms with Gasteiger partial charge in [-0.15, -0.1) is 0 Å². The number of hydrogen-bond acceptors (Lipinski definition) is 4. The smallest absolute Gasteiger partial charge is 0.272 e. The number of para-hydroxylation sites is 1. The van der Waals surface area contributed by atoms with E-state index < -0.39 is 5.66 Å². The lowest BCUT2D eigenvalue weighted by molar-refractivity contribution is -0.115. The first kappa shape index (κ1) is 18.5. The van der Waals surface area contributed by atoms with Gasteiger partial charge in [0.15, 0.2) is 0 Å². The Morgan fingerprint density at radius 1 is 1.14 bits per heavy atom. The van der Waals surface area contributed by atoms with E-state index >= 15 is 0 Å². The van der Waals surface area contributed by atoms with Crippen molar-refractivity contribution in [1.82, 2.24) is 10.2 Å². The molecule has 2 aliphatic rings. The molecule has 1 saturated heterocycles. The van der Waals surface area contributed by atoms with Crippen LogP contribution in [-0.4, -0.2) is 48.3 Å². The fourth-order valence-corrected chi connectivity index (χ4v) is 3.80. The fourth-order valence-electron chi connectivity index (χ4n) is 3.67. The molecule has 0 aliphatic carbocycles. The molecule has 0 aromatic heterocycles. The van der Waals surface area contributed by atoms with Crippen LogP contribution in [0.4, 0.5) is 0 Å². The lowest BCUT2D eigenvalue weighted by atomic mass is 9.97. The molecule has 0 atom stereocenters. The highest BCUT2D eigenvalue weighted by atomic mass is 35.5. The minimum atomic E-state index is -0.649. The van der Waals surface area contributed by atoms with E-state index in [0.717, 1.165) is 5.56 Å². The molecule has 0 unspecified atom stereocenters. The van der Waals surface area contributed by atoms with Crippen molar-refractivity contribution in [1.29, 1.82) is 0 Å². The van der Waals surface area contributed by atoms with E-state index in [2.05, 4.69) is 5.32 Å². The molecular weight excluding hydrogens is 378 g/mol. The Hall–Kier alpha value is -2.86. The minimum absolute atomic E-state index is 0.0708. The van der Waals surface area contributed by atoms with Gasteiger partial charge in [0.25, 0.3) is 11.8 Å². The van der Waals surface area contributed by atoms with E-state index in [4.69, 9.17) is 21.3 Å². The van der Waals surface area contributed by atoms with E-state index in [1.165, 1.54) is 0 Å². The van der Waals surface area contributed by atoms with Gasteiger partial charge < -0.3 is 15.0 Å². The van der Waals surface area contributed by atoms with Crippen LogP contribution in [0.3, 0.4) is 0 Å². The van der Waals surface area contributed by atoms with Crippen LogP contribution in [0.1, 0.15) is 28.8 Å². The third kappa shape index (κ3) is 3.36. The predicted molar refractivity (Wildman–Crippen MR) is 107 cm³/mol. The number of benzene rings is 2. The third-order valence-electron chi connectivity index (χ3n) is 5.22. The van der Waals surface area contributed by atoms with Crippen LogP contribution in [0.2, 0.25) is 5.02 Å². The summed E-state index contributed by atoms with van der Waals surface area (Å²) in [5, 5.41) is 3.63. The second-order valence-corrected chi connectivity index (χ2v) is 7.38. The van der Waals surface area contributed by atoms with Gasteiger partial charge in [0.05, 0.1) is 12.7 Å². The van der Waals surface area contributed by atoms with Gasteiger partial charge in [0.2, 0.25) is 0 Å². The zero-order valence-corrected chi connectivity index (χ0v) is 16.2. The maximum Gasteiger partial charge on any atom is 0.272 e. The number of piperidine rings is 1. The number of carbonyl (C=O) groups excluding carboxylic acids is 2. The number of ether oxygens (including phenoxy) is 1. The maximum absolute atomic E-state index is 12.9. The molecule has 6 nitrogen and oxygen atoms in total. The summed E-state index contributed by atoms with van der Waals surface area (Å²) >= 11 is 5.93. The second-order valence-electron chi connectivity index (χ2n) is 6.95. The molecule has 2 aromatic carbocycles. The molecule has 1 fully saturated rings. The van der Waals surface area contributed by atoms with Gasteiger partial charge in [-0.05, 0) is 24.3 Å². The van der Waals surface area contributed by atoms with Gasteiger partial charge in [0, 0.05) is 36.5 Å². The molecule has 144 valence electrons. The largest absolute Gasteiger partial charge is 0.496 e. The first-order valence-corrected chi connectivity index (χ1v) is 9.50. The number of halogens is 1. The molecule has 2 aromatic rings. The number of rotatable bonds is 3. The fraction of sp³-hybridized carbons (Fsp3) is 0.286. The van der Waals surface area contributed by atoms with E-state index in [1.54, 1.807) is 48.4 Å². The molecule has 4 rings (SSSR count). The van der Waals surface area contributed by atoms with Crippen LogP contribution >= 0.6 is 11.6 Å². The molecule has 1 spiro atoms. The van der Waals surface area contributed by atoms with Crippen molar-refractivity contribution < 1.29 is 14.3 Å². The molecule has 0 saturated carbocycles. The van der Waals surface area contributed by atoms with Crippen molar-refractivity contribution in [2.75, 3.05) is 20.2 Å². The Morgan fingerprint density at radius 2 is 1.82 bits per heavy atom. The number of nitrogens with zero attached hydrogens (tertiary/aromatic N) is 2. The molecule has 0 bridgehead atoms. The van der Waals surface area contributed by atoms with Crippen molar-refractivity contribution in [3.63, 3.8) is 0 Å². The van der Waals surface area contributed by atoms with Crippen LogP contribution in [-0.2, 0) is 4.79 Å². The van der Waals surface area contributed by atoms with E-state index in [9.17, 15) is 9.59 Å². The van der Waals surface area contributed by atoms with Gasteiger partial charge in [-0.25, -0.2) is 0 Å². The summed E-state index contributed by atoms with van der Waals surface area (Å²) in [4.78, 5) is 31.8. The summed E-state index contributed by atoms with van der Waals surface area (Å²) in [6, 6.07) is 14.3. The topological polar surface area (TPSA) is 71.0 Å². The number of amides is 2. The van der Waals surface area contributed by atoms with Gasteiger partial charge >= 0.3 is 0 Å². The average Bonchev–Trinajstić information content (AvgIpc) is 3.04. The Morgan fingerprint density at radius 3 is 2.50 bits per heavy atom. The Kier molecular flexibility index (Phi) is 4.81. The number of hydrogen-bond donors (Lipinski definition) is 1. The first-order chi connectivity index (χ1) is 13.5. The summed E-state index contributed by atoms with van der Waals surface area (Å²) in [5.74, 6) is 0.301. The van der Waals surface area contributed by atoms with Gasteiger partial charge in [0.1, 0.15) is 17.1 Å². The lowest BCUT2D eigenvalue weighted by Crippen LogP contribution is -2.52. The first-order valence-electron chi connectivity index (χ1n) is 9.12. The van der Waals surface area contributed by atoms with Crippen LogP contribution < -0.4 is 10.1 Å². The number of aliphatic imine (C=N–C) groups is 1. The molecule has 7 heteroatoms. The monoisotopic (exact) mass is 397 g/mol. The molecule has 28 heavy (non-hydrogen) atoms. The van der Waals surface area contributed by atoms with E-state index in [1.807, 2.05) is 12.1 Å². The number of likely N-dealkylation sites (tertiary alicyclic amines) is 1. The summed E-state index contributed by atoms with van der Waals surface area (Å²) in [5.41, 5.74) is 1.05. The summed E-state index contributed by atoms with van der Waals surface area (Å²) in [6.07, 6.45) is 1.13. The van der Waals surface area contributed by atoms with E-state index in [0.29, 0.717) is 48.0 Å². The van der Waals surface area contributed by atoms with Crippen molar-refractivity contribution in [2.24, 2.45) is 4.99 Å². The van der Waals surface area contributed by atoms with Gasteiger partial charge in [-0.2, -0.15) is 0 Å². The molecule has 1 N–H and O–H groups in total. The maximum atomic E-state index is 12.9. The van der Waals surface area contributed by atoms with Crippen LogP contribution in [0.5, 0.6) is 5.75 Å². The van der Waals surface area contributed by atoms with E-state index in [-0.39, 0.29) is 11.8 Å². The molecule has 0 radical (unpaired) electrons. The Labute approximate surface area is 168 Å². The van der Waals surface area contributed by atoms with Crippen molar-refractivity contribution >= 4 is 29.1 Å². The van der Waals surface area contributed by atoms with Crippen molar-refractivity contribution in [3.8, 4) is 5.75 Å². The molecule has 2 amide bonds. The minimum Gasteiger partial charge on any atom is -0.496 e. The molecular formula is C21H20ClN3O3. The van der Waals surface area contributed by atoms with Crippen LogP contribution in [0.25, 0.3) is 0 Å². The standard InChI is InChI=1S/C21H20ClN3O3/c1-28-17-5-3-2-4-16(17)20(27)25-12-10-21(11-13-25)23-18(19(26)24-21)14-6-8-15(22)9-7-14/h2-9H,10-13H2,1H3,(H,24,26). The third-order valence-corrected chi connectivity index (χ3v) is 5.47. The highest BCUT2D eigenvalue weighted by Gasteiger charge is 2.43. The normalized spacial score (nSPS) is 18.0. The Balaban J connectivity index is 1.50. The zero-order valence-electron chi connectivity index (χ0n) is 15.4. The summed E-state index contributed by atoms with van der Waals surface area (Å²) in [7, 11) is 1.55.